The lowest BCUT2D eigenvalue weighted by Crippen LogP contribution is -2.38. The van der Waals surface area contributed by atoms with Gasteiger partial charge in [0.2, 0.25) is 0 Å². The molecule has 0 bridgehead atoms. The van der Waals surface area contributed by atoms with Gasteiger partial charge in [-0.2, -0.15) is 12.6 Å². The quantitative estimate of drug-likeness (QED) is 0.804. The fourth-order valence-electron chi connectivity index (χ4n) is 2.10. The molecule has 1 saturated heterocycles. The van der Waals surface area contributed by atoms with E-state index in [9.17, 15) is 4.21 Å². The SMILES string of the molecule is O=[S@@]1CCCC[C@]1(CS)c1cccnc1. The highest BCUT2D eigenvalue weighted by atomic mass is 32.2. The molecule has 0 radical (unpaired) electrons. The van der Waals surface area contributed by atoms with E-state index in [1.807, 2.05) is 18.3 Å². The van der Waals surface area contributed by atoms with Crippen molar-refractivity contribution in [1.29, 1.82) is 0 Å². The summed E-state index contributed by atoms with van der Waals surface area (Å²) in [4.78, 5) is 4.12. The van der Waals surface area contributed by atoms with Gasteiger partial charge in [-0.15, -0.1) is 0 Å². The summed E-state index contributed by atoms with van der Waals surface area (Å²) in [5, 5.41) is 0. The number of aromatic nitrogens is 1. The molecule has 15 heavy (non-hydrogen) atoms. The Morgan fingerprint density at radius 1 is 1.53 bits per heavy atom. The Bertz CT molecular complexity index is 355. The van der Waals surface area contributed by atoms with Crippen molar-refractivity contribution >= 4 is 23.4 Å². The van der Waals surface area contributed by atoms with Crippen molar-refractivity contribution in [2.45, 2.75) is 24.0 Å². The molecule has 0 spiro atoms. The van der Waals surface area contributed by atoms with Crippen molar-refractivity contribution in [1.82, 2.24) is 4.98 Å². The predicted octanol–water partition coefficient (Wildman–Crippen LogP) is 2.14. The second-order valence-electron chi connectivity index (χ2n) is 3.90. The van der Waals surface area contributed by atoms with Crippen molar-refractivity contribution in [3.8, 4) is 0 Å². The van der Waals surface area contributed by atoms with Crippen LogP contribution in [0.4, 0.5) is 0 Å². The Balaban J connectivity index is 2.40. The lowest BCUT2D eigenvalue weighted by molar-refractivity contribution is 0.528. The molecule has 2 heterocycles. The lowest BCUT2D eigenvalue weighted by atomic mass is 9.95. The van der Waals surface area contributed by atoms with Crippen LogP contribution in [0.15, 0.2) is 24.5 Å². The molecule has 82 valence electrons. The molecular formula is C11H15NOS2. The maximum atomic E-state index is 12.2. The van der Waals surface area contributed by atoms with Crippen LogP contribution in [0.1, 0.15) is 24.8 Å². The first kappa shape index (κ1) is 11.1. The molecule has 0 amide bonds. The second-order valence-corrected chi connectivity index (χ2v) is 6.10. The number of pyridine rings is 1. The minimum atomic E-state index is -0.804. The van der Waals surface area contributed by atoms with Crippen molar-refractivity contribution in [3.05, 3.63) is 30.1 Å². The molecule has 0 N–H and O–H groups in total. The zero-order valence-corrected chi connectivity index (χ0v) is 10.3. The lowest BCUT2D eigenvalue weighted by Gasteiger charge is -2.35. The highest BCUT2D eigenvalue weighted by molar-refractivity contribution is 7.88. The average Bonchev–Trinajstić information content (AvgIpc) is 2.31. The van der Waals surface area contributed by atoms with E-state index < -0.39 is 10.8 Å². The number of thiol groups is 1. The van der Waals surface area contributed by atoms with Gasteiger partial charge >= 0.3 is 0 Å². The van der Waals surface area contributed by atoms with Gasteiger partial charge in [0.25, 0.3) is 0 Å². The number of hydrogen-bond donors (Lipinski definition) is 1. The Morgan fingerprint density at radius 2 is 2.40 bits per heavy atom. The fraction of sp³-hybridized carbons (Fsp3) is 0.545. The number of nitrogens with zero attached hydrogens (tertiary/aromatic N) is 1. The number of rotatable bonds is 2. The first-order chi connectivity index (χ1) is 7.29. The summed E-state index contributed by atoms with van der Waals surface area (Å²) in [6, 6.07) is 3.93. The van der Waals surface area contributed by atoms with Crippen LogP contribution in [0.3, 0.4) is 0 Å². The summed E-state index contributed by atoms with van der Waals surface area (Å²) in [6.07, 6.45) is 6.76. The molecule has 0 unspecified atom stereocenters. The summed E-state index contributed by atoms with van der Waals surface area (Å²) in [7, 11) is -0.804. The van der Waals surface area contributed by atoms with Gasteiger partial charge in [0.1, 0.15) is 0 Å². The van der Waals surface area contributed by atoms with E-state index in [1.54, 1.807) is 6.20 Å². The van der Waals surface area contributed by atoms with Gasteiger partial charge in [0, 0.05) is 34.7 Å². The van der Waals surface area contributed by atoms with Crippen molar-refractivity contribution in [2.75, 3.05) is 11.5 Å². The first-order valence-electron chi connectivity index (χ1n) is 5.19. The maximum Gasteiger partial charge on any atom is 0.0809 e. The van der Waals surface area contributed by atoms with Crippen LogP contribution in [0, 0.1) is 0 Å². The van der Waals surface area contributed by atoms with Crippen LogP contribution < -0.4 is 0 Å². The van der Waals surface area contributed by atoms with Crippen molar-refractivity contribution in [2.24, 2.45) is 0 Å². The second kappa shape index (κ2) is 4.66. The highest BCUT2D eigenvalue weighted by Gasteiger charge is 2.39. The smallest absolute Gasteiger partial charge is 0.0809 e. The van der Waals surface area contributed by atoms with Gasteiger partial charge < -0.3 is 0 Å². The van der Waals surface area contributed by atoms with Crippen molar-refractivity contribution in [3.63, 3.8) is 0 Å². The molecule has 2 rings (SSSR count). The van der Waals surface area contributed by atoms with Crippen LogP contribution in [-0.2, 0) is 15.5 Å². The minimum absolute atomic E-state index is 0.254. The Morgan fingerprint density at radius 3 is 3.00 bits per heavy atom. The molecule has 1 aliphatic rings. The van der Waals surface area contributed by atoms with Crippen LogP contribution in [0.5, 0.6) is 0 Å². The molecule has 1 fully saturated rings. The third-order valence-electron chi connectivity index (χ3n) is 3.04. The van der Waals surface area contributed by atoms with Crippen molar-refractivity contribution < 1.29 is 4.21 Å². The summed E-state index contributed by atoms with van der Waals surface area (Å²) < 4.78 is 11.9. The van der Waals surface area contributed by atoms with E-state index in [0.717, 1.165) is 30.6 Å². The predicted molar refractivity (Wildman–Crippen MR) is 66.6 cm³/mol. The van der Waals surface area contributed by atoms with E-state index in [2.05, 4.69) is 17.6 Å². The van der Waals surface area contributed by atoms with Gasteiger partial charge in [-0.1, -0.05) is 12.5 Å². The van der Waals surface area contributed by atoms with Crippen LogP contribution in [0.25, 0.3) is 0 Å². The van der Waals surface area contributed by atoms with E-state index in [-0.39, 0.29) is 4.75 Å². The number of hydrogen-bond acceptors (Lipinski definition) is 3. The Kier molecular flexibility index (Phi) is 3.46. The maximum absolute atomic E-state index is 12.2. The monoisotopic (exact) mass is 241 g/mol. The first-order valence-corrected chi connectivity index (χ1v) is 7.14. The zero-order chi connectivity index (χ0) is 10.7. The zero-order valence-electron chi connectivity index (χ0n) is 8.56. The van der Waals surface area contributed by atoms with Crippen LogP contribution in [-0.4, -0.2) is 20.7 Å². The molecule has 1 aromatic heterocycles. The Hall–Kier alpha value is -0.350. The van der Waals surface area contributed by atoms with Gasteiger partial charge in [-0.25, -0.2) is 0 Å². The summed E-state index contributed by atoms with van der Waals surface area (Å²) in [5.41, 5.74) is 1.08. The molecule has 2 nitrogen and oxygen atoms in total. The topological polar surface area (TPSA) is 30.0 Å². The standard InChI is InChI=1S/C11H15NOS2/c13-15-7-2-1-5-11(15,9-14)10-4-3-6-12-8-10/h3-4,6,8,14H,1-2,5,7,9H2/t11-,15+/m0/s1. The van der Waals surface area contributed by atoms with E-state index in [1.165, 1.54) is 0 Å². The van der Waals surface area contributed by atoms with E-state index in [4.69, 9.17) is 0 Å². The van der Waals surface area contributed by atoms with Gasteiger partial charge in [-0.05, 0) is 24.5 Å². The third-order valence-corrected chi connectivity index (χ3v) is 5.91. The summed E-state index contributed by atoms with van der Waals surface area (Å²) >= 11 is 4.40. The van der Waals surface area contributed by atoms with Gasteiger partial charge in [-0.3, -0.25) is 9.19 Å². The molecule has 0 saturated carbocycles. The largest absolute Gasteiger partial charge is 0.264 e. The van der Waals surface area contributed by atoms with Gasteiger partial charge in [0.05, 0.1) is 4.75 Å². The Labute approximate surface area is 98.4 Å². The molecular weight excluding hydrogens is 226 g/mol. The van der Waals surface area contributed by atoms with Crippen LogP contribution >= 0.6 is 12.6 Å². The fourth-order valence-corrected chi connectivity index (χ4v) is 4.63. The van der Waals surface area contributed by atoms with Gasteiger partial charge in [0.15, 0.2) is 0 Å². The molecule has 1 aliphatic heterocycles. The molecule has 4 heteroatoms. The molecule has 1 aromatic rings. The minimum Gasteiger partial charge on any atom is -0.264 e. The summed E-state index contributed by atoms with van der Waals surface area (Å²) in [5.74, 6) is 1.45. The van der Waals surface area contributed by atoms with E-state index in [0.29, 0.717) is 5.75 Å². The van der Waals surface area contributed by atoms with E-state index >= 15 is 0 Å². The molecule has 2 atom stereocenters. The molecule has 0 aromatic carbocycles. The normalized spacial score (nSPS) is 31.4. The third kappa shape index (κ3) is 1.97. The highest BCUT2D eigenvalue weighted by Crippen LogP contribution is 2.38. The summed E-state index contributed by atoms with van der Waals surface area (Å²) in [6.45, 7) is 0. The van der Waals surface area contributed by atoms with Crippen LogP contribution in [0.2, 0.25) is 0 Å². The molecule has 0 aliphatic carbocycles. The average molecular weight is 241 g/mol.